The van der Waals surface area contributed by atoms with E-state index in [1.165, 1.54) is 49.4 Å². The van der Waals surface area contributed by atoms with Gasteiger partial charge in [0.1, 0.15) is 11.3 Å². The number of carbonyl (C=O) groups is 3. The maximum atomic E-state index is 12.9. The SMILES string of the molecule is CC1(c2ccc(Cl)cc2Cl)NC(=O)N(CC(=O)c2ccc(OC(F)F)cc2)C1=O. The number of imide groups is 1. The lowest BCUT2D eigenvalue weighted by molar-refractivity contribution is -0.130. The Bertz CT molecular complexity index is 985. The van der Waals surface area contributed by atoms with E-state index in [0.29, 0.717) is 10.6 Å². The summed E-state index contributed by atoms with van der Waals surface area (Å²) >= 11 is 12.0. The molecule has 1 N–H and O–H groups in total. The molecular formula is C19H14Cl2F2N2O4. The fourth-order valence-electron chi connectivity index (χ4n) is 2.98. The molecule has 29 heavy (non-hydrogen) atoms. The molecule has 0 aliphatic carbocycles. The third kappa shape index (κ3) is 4.18. The van der Waals surface area contributed by atoms with Gasteiger partial charge >= 0.3 is 12.6 Å². The number of hydrogen-bond acceptors (Lipinski definition) is 4. The van der Waals surface area contributed by atoms with Gasteiger partial charge in [-0.3, -0.25) is 14.5 Å². The summed E-state index contributed by atoms with van der Waals surface area (Å²) in [4.78, 5) is 38.5. The number of Topliss-reactive ketones (excluding diaryl/α,β-unsaturated/α-hetero) is 1. The summed E-state index contributed by atoms with van der Waals surface area (Å²) < 4.78 is 28.6. The van der Waals surface area contributed by atoms with Crippen molar-refractivity contribution < 1.29 is 27.9 Å². The Morgan fingerprint density at radius 2 is 1.83 bits per heavy atom. The molecule has 1 fully saturated rings. The zero-order valence-corrected chi connectivity index (χ0v) is 16.4. The van der Waals surface area contributed by atoms with E-state index >= 15 is 0 Å². The van der Waals surface area contributed by atoms with E-state index in [1.807, 2.05) is 0 Å². The number of benzene rings is 2. The molecule has 1 atom stereocenters. The predicted octanol–water partition coefficient (Wildman–Crippen LogP) is 4.24. The Morgan fingerprint density at radius 1 is 1.17 bits per heavy atom. The third-order valence-electron chi connectivity index (χ3n) is 4.45. The van der Waals surface area contributed by atoms with Gasteiger partial charge in [0, 0.05) is 21.2 Å². The summed E-state index contributed by atoms with van der Waals surface area (Å²) in [5.74, 6) is -1.32. The topological polar surface area (TPSA) is 75.7 Å². The van der Waals surface area contributed by atoms with Crippen molar-refractivity contribution >= 4 is 40.9 Å². The Labute approximate surface area is 174 Å². The molecule has 2 aromatic rings. The highest BCUT2D eigenvalue weighted by molar-refractivity contribution is 6.35. The number of alkyl halides is 2. The van der Waals surface area contributed by atoms with Gasteiger partial charge in [0.25, 0.3) is 5.91 Å². The van der Waals surface area contributed by atoms with Crippen LogP contribution in [0.2, 0.25) is 10.0 Å². The molecular weight excluding hydrogens is 429 g/mol. The second-order valence-electron chi connectivity index (χ2n) is 6.40. The van der Waals surface area contributed by atoms with Crippen molar-refractivity contribution in [1.29, 1.82) is 0 Å². The predicted molar refractivity (Wildman–Crippen MR) is 101 cm³/mol. The summed E-state index contributed by atoms with van der Waals surface area (Å²) in [5.41, 5.74) is -0.996. The molecule has 0 spiro atoms. The zero-order valence-electron chi connectivity index (χ0n) is 14.9. The molecule has 152 valence electrons. The van der Waals surface area contributed by atoms with Crippen LogP contribution in [0.4, 0.5) is 13.6 Å². The highest BCUT2D eigenvalue weighted by atomic mass is 35.5. The number of nitrogens with one attached hydrogen (secondary N) is 1. The molecule has 0 aromatic heterocycles. The normalized spacial score (nSPS) is 18.9. The lowest BCUT2D eigenvalue weighted by Crippen LogP contribution is -2.41. The van der Waals surface area contributed by atoms with Crippen LogP contribution in [0.15, 0.2) is 42.5 Å². The van der Waals surface area contributed by atoms with E-state index in [9.17, 15) is 23.2 Å². The van der Waals surface area contributed by atoms with Crippen LogP contribution in [0.5, 0.6) is 5.75 Å². The zero-order chi connectivity index (χ0) is 21.3. The first kappa shape index (κ1) is 21.0. The number of rotatable bonds is 6. The van der Waals surface area contributed by atoms with E-state index in [1.54, 1.807) is 0 Å². The van der Waals surface area contributed by atoms with E-state index < -0.39 is 36.4 Å². The van der Waals surface area contributed by atoms with Crippen LogP contribution in [-0.4, -0.2) is 35.8 Å². The average Bonchev–Trinajstić information content (AvgIpc) is 2.85. The molecule has 6 nitrogen and oxygen atoms in total. The lowest BCUT2D eigenvalue weighted by atomic mass is 9.92. The fraction of sp³-hybridized carbons (Fsp3) is 0.211. The summed E-state index contributed by atoms with van der Waals surface area (Å²) in [6.07, 6.45) is 0. The van der Waals surface area contributed by atoms with Crippen LogP contribution in [0.1, 0.15) is 22.8 Å². The lowest BCUT2D eigenvalue weighted by Gasteiger charge is -2.23. The Hall–Kier alpha value is -2.71. The quantitative estimate of drug-likeness (QED) is 0.535. The number of halogens is 4. The van der Waals surface area contributed by atoms with Gasteiger partial charge in [-0.15, -0.1) is 0 Å². The van der Waals surface area contributed by atoms with Crippen LogP contribution in [0.3, 0.4) is 0 Å². The molecule has 0 bridgehead atoms. The summed E-state index contributed by atoms with van der Waals surface area (Å²) in [6, 6.07) is 8.68. The van der Waals surface area contributed by atoms with Crippen LogP contribution >= 0.6 is 23.2 Å². The standard InChI is InChI=1S/C19H14Cl2F2N2O4/c1-19(13-7-4-11(20)8-14(13)21)16(27)25(18(28)24-19)9-15(26)10-2-5-12(6-3-10)29-17(22)23/h2-8,17H,9H2,1H3,(H,24,28). The van der Waals surface area contributed by atoms with Crippen LogP contribution < -0.4 is 10.1 Å². The maximum absolute atomic E-state index is 12.9. The van der Waals surface area contributed by atoms with E-state index in [0.717, 1.165) is 4.90 Å². The Kier molecular flexibility index (Phi) is 5.77. The molecule has 0 saturated carbocycles. The van der Waals surface area contributed by atoms with Gasteiger partial charge in [-0.05, 0) is 43.3 Å². The number of nitrogens with zero attached hydrogens (tertiary/aromatic N) is 1. The monoisotopic (exact) mass is 442 g/mol. The molecule has 1 saturated heterocycles. The summed E-state index contributed by atoms with van der Waals surface area (Å²) in [6.45, 7) is -2.04. The third-order valence-corrected chi connectivity index (χ3v) is 5.00. The largest absolute Gasteiger partial charge is 0.435 e. The van der Waals surface area contributed by atoms with Gasteiger partial charge in [-0.25, -0.2) is 4.79 Å². The first-order chi connectivity index (χ1) is 13.6. The summed E-state index contributed by atoms with van der Waals surface area (Å²) in [7, 11) is 0. The minimum Gasteiger partial charge on any atom is -0.435 e. The van der Waals surface area contributed by atoms with Crippen molar-refractivity contribution in [3.8, 4) is 5.75 Å². The van der Waals surface area contributed by atoms with Crippen molar-refractivity contribution in [2.24, 2.45) is 0 Å². The average molecular weight is 443 g/mol. The van der Waals surface area contributed by atoms with Gasteiger partial charge in [-0.1, -0.05) is 29.3 Å². The minimum absolute atomic E-state index is 0.114. The Morgan fingerprint density at radius 3 is 2.41 bits per heavy atom. The summed E-state index contributed by atoms with van der Waals surface area (Å²) in [5, 5.41) is 3.11. The van der Waals surface area contributed by atoms with Crippen molar-refractivity contribution in [3.63, 3.8) is 0 Å². The molecule has 1 unspecified atom stereocenters. The fourth-order valence-corrected chi connectivity index (χ4v) is 3.57. The number of hydrogen-bond donors (Lipinski definition) is 1. The first-order valence-corrected chi connectivity index (χ1v) is 9.05. The van der Waals surface area contributed by atoms with E-state index in [2.05, 4.69) is 10.1 Å². The molecule has 3 amide bonds. The van der Waals surface area contributed by atoms with Crippen molar-refractivity contribution in [2.75, 3.05) is 6.54 Å². The highest BCUT2D eigenvalue weighted by Gasteiger charge is 2.50. The molecule has 10 heteroatoms. The van der Waals surface area contributed by atoms with Crippen LogP contribution in [-0.2, 0) is 10.3 Å². The van der Waals surface area contributed by atoms with E-state index in [4.69, 9.17) is 23.2 Å². The number of urea groups is 1. The number of amides is 3. The van der Waals surface area contributed by atoms with Crippen LogP contribution in [0, 0.1) is 0 Å². The number of ketones is 1. The molecule has 1 heterocycles. The van der Waals surface area contributed by atoms with Gasteiger partial charge < -0.3 is 10.1 Å². The first-order valence-electron chi connectivity index (χ1n) is 8.29. The molecule has 3 rings (SSSR count). The molecule has 1 aliphatic heterocycles. The van der Waals surface area contributed by atoms with Gasteiger partial charge in [0.15, 0.2) is 5.78 Å². The van der Waals surface area contributed by atoms with Crippen molar-refractivity contribution in [3.05, 3.63) is 63.6 Å². The minimum atomic E-state index is -2.99. The Balaban J connectivity index is 1.78. The maximum Gasteiger partial charge on any atom is 0.387 e. The van der Waals surface area contributed by atoms with E-state index in [-0.39, 0.29) is 16.3 Å². The van der Waals surface area contributed by atoms with Gasteiger partial charge in [-0.2, -0.15) is 8.78 Å². The molecule has 0 radical (unpaired) electrons. The molecule has 1 aliphatic rings. The van der Waals surface area contributed by atoms with Crippen molar-refractivity contribution in [2.45, 2.75) is 19.1 Å². The van der Waals surface area contributed by atoms with Gasteiger partial charge in [0.05, 0.1) is 6.54 Å². The number of carbonyl (C=O) groups excluding carboxylic acids is 3. The van der Waals surface area contributed by atoms with Crippen molar-refractivity contribution in [1.82, 2.24) is 10.2 Å². The van der Waals surface area contributed by atoms with Crippen LogP contribution in [0.25, 0.3) is 0 Å². The van der Waals surface area contributed by atoms with Gasteiger partial charge in [0.2, 0.25) is 0 Å². The second kappa shape index (κ2) is 7.96. The second-order valence-corrected chi connectivity index (χ2v) is 7.24. The molecule has 2 aromatic carbocycles. The highest BCUT2D eigenvalue weighted by Crippen LogP contribution is 2.35. The smallest absolute Gasteiger partial charge is 0.387 e. The number of ether oxygens (including phenoxy) is 1.